The number of carboxylic acid groups (broad SMARTS) is 1. The van der Waals surface area contributed by atoms with E-state index in [0.29, 0.717) is 5.16 Å². The van der Waals surface area contributed by atoms with E-state index in [-0.39, 0.29) is 11.2 Å². The molecule has 6 heteroatoms. The summed E-state index contributed by atoms with van der Waals surface area (Å²) in [6, 6.07) is 8.19. The number of thioether (sulfide) groups is 1. The Bertz CT molecular complexity index is 642. The molecule has 1 heterocycles. The lowest BCUT2D eigenvalue weighted by atomic mass is 9.87. The molecule has 0 aliphatic heterocycles. The molecule has 21 heavy (non-hydrogen) atoms. The first kappa shape index (κ1) is 15.6. The van der Waals surface area contributed by atoms with Crippen molar-refractivity contribution in [3.8, 4) is 11.4 Å². The van der Waals surface area contributed by atoms with Gasteiger partial charge in [0.1, 0.15) is 0 Å². The summed E-state index contributed by atoms with van der Waals surface area (Å²) < 4.78 is 1.79. The molecule has 0 saturated carbocycles. The number of carbonyl (C=O) groups excluding carboxylic acids is 1. The van der Waals surface area contributed by atoms with E-state index in [1.54, 1.807) is 4.57 Å². The Hall–Kier alpha value is -1.82. The summed E-state index contributed by atoms with van der Waals surface area (Å²) >= 11 is 1.11. The average Bonchev–Trinajstić information content (AvgIpc) is 2.77. The van der Waals surface area contributed by atoms with E-state index in [0.717, 1.165) is 23.1 Å². The van der Waals surface area contributed by atoms with Crippen molar-refractivity contribution >= 4 is 17.7 Å². The van der Waals surface area contributed by atoms with Gasteiger partial charge in [-0.25, -0.2) is 0 Å². The summed E-state index contributed by atoms with van der Waals surface area (Å²) in [6.45, 7) is 6.50. The van der Waals surface area contributed by atoms with Gasteiger partial charge in [0.15, 0.2) is 11.0 Å². The van der Waals surface area contributed by atoms with E-state index >= 15 is 0 Å². The van der Waals surface area contributed by atoms with Gasteiger partial charge in [-0.1, -0.05) is 56.8 Å². The van der Waals surface area contributed by atoms with Crippen LogP contribution in [0, 0.1) is 0 Å². The third kappa shape index (κ3) is 3.64. The molecule has 1 aromatic heterocycles. The first-order chi connectivity index (χ1) is 9.79. The minimum Gasteiger partial charge on any atom is -0.549 e. The lowest BCUT2D eigenvalue weighted by Crippen LogP contribution is -2.24. The van der Waals surface area contributed by atoms with Crippen LogP contribution in [0.2, 0.25) is 0 Å². The average molecular weight is 304 g/mol. The molecule has 0 atom stereocenters. The van der Waals surface area contributed by atoms with E-state index in [1.807, 2.05) is 19.2 Å². The molecule has 0 bridgehead atoms. The van der Waals surface area contributed by atoms with Crippen molar-refractivity contribution in [1.82, 2.24) is 14.8 Å². The predicted octanol–water partition coefficient (Wildman–Crippen LogP) is 1.62. The van der Waals surface area contributed by atoms with Crippen LogP contribution < -0.4 is 5.11 Å². The maximum Gasteiger partial charge on any atom is 0.191 e. The van der Waals surface area contributed by atoms with Gasteiger partial charge in [0.25, 0.3) is 0 Å². The molecule has 2 rings (SSSR count). The van der Waals surface area contributed by atoms with E-state index in [1.165, 1.54) is 5.56 Å². The molecule has 0 amide bonds. The first-order valence-corrected chi connectivity index (χ1v) is 7.60. The number of hydrogen-bond acceptors (Lipinski definition) is 5. The summed E-state index contributed by atoms with van der Waals surface area (Å²) in [5, 5.41) is 19.2. The van der Waals surface area contributed by atoms with Gasteiger partial charge in [0, 0.05) is 18.4 Å². The van der Waals surface area contributed by atoms with Crippen LogP contribution in [0.15, 0.2) is 29.4 Å². The number of carboxylic acids is 1. The van der Waals surface area contributed by atoms with E-state index in [4.69, 9.17) is 0 Å². The zero-order chi connectivity index (χ0) is 15.6. The second-order valence-electron chi connectivity index (χ2n) is 5.85. The zero-order valence-corrected chi connectivity index (χ0v) is 13.4. The molecule has 0 unspecified atom stereocenters. The molecule has 2 aromatic rings. The Morgan fingerprint density at radius 3 is 2.38 bits per heavy atom. The fourth-order valence-corrected chi connectivity index (χ4v) is 2.56. The van der Waals surface area contributed by atoms with Gasteiger partial charge in [-0.3, -0.25) is 0 Å². The van der Waals surface area contributed by atoms with Gasteiger partial charge in [-0.2, -0.15) is 0 Å². The lowest BCUT2D eigenvalue weighted by Gasteiger charge is -2.19. The predicted molar refractivity (Wildman–Crippen MR) is 80.9 cm³/mol. The van der Waals surface area contributed by atoms with Crippen molar-refractivity contribution in [3.63, 3.8) is 0 Å². The number of carbonyl (C=O) groups is 1. The number of nitrogens with zero attached hydrogens (tertiary/aromatic N) is 3. The number of rotatable bonds is 4. The van der Waals surface area contributed by atoms with Crippen molar-refractivity contribution in [2.24, 2.45) is 7.05 Å². The monoisotopic (exact) mass is 304 g/mol. The van der Waals surface area contributed by atoms with Crippen LogP contribution in [0.3, 0.4) is 0 Å². The second kappa shape index (κ2) is 5.89. The normalized spacial score (nSPS) is 11.6. The van der Waals surface area contributed by atoms with Crippen molar-refractivity contribution in [2.75, 3.05) is 5.75 Å². The highest BCUT2D eigenvalue weighted by atomic mass is 32.2. The highest BCUT2D eigenvalue weighted by Gasteiger charge is 2.15. The summed E-state index contributed by atoms with van der Waals surface area (Å²) in [6.07, 6.45) is 0. The van der Waals surface area contributed by atoms with E-state index < -0.39 is 5.97 Å². The van der Waals surface area contributed by atoms with Crippen LogP contribution in [0.25, 0.3) is 11.4 Å². The fourth-order valence-electron chi connectivity index (χ4n) is 1.93. The topological polar surface area (TPSA) is 70.8 Å². The largest absolute Gasteiger partial charge is 0.549 e. The van der Waals surface area contributed by atoms with E-state index in [9.17, 15) is 9.90 Å². The first-order valence-electron chi connectivity index (χ1n) is 6.62. The van der Waals surface area contributed by atoms with Crippen LogP contribution in [-0.4, -0.2) is 26.5 Å². The number of hydrogen-bond donors (Lipinski definition) is 0. The molecular formula is C15H18N3O2S-. The standard InChI is InChI=1S/C15H19N3O2S/c1-15(2,3)11-7-5-10(6-8-11)13-16-17-14(18(13)4)21-9-12(19)20/h5-8H,9H2,1-4H3,(H,19,20)/p-1. The molecule has 1 aromatic carbocycles. The van der Waals surface area contributed by atoms with Gasteiger partial charge in [-0.15, -0.1) is 10.2 Å². The van der Waals surface area contributed by atoms with Gasteiger partial charge in [0.2, 0.25) is 0 Å². The Morgan fingerprint density at radius 2 is 1.86 bits per heavy atom. The molecule has 5 nitrogen and oxygen atoms in total. The molecule has 0 aliphatic carbocycles. The maximum atomic E-state index is 10.5. The highest BCUT2D eigenvalue weighted by Crippen LogP contribution is 2.26. The molecule has 0 N–H and O–H groups in total. The van der Waals surface area contributed by atoms with Gasteiger partial charge in [-0.05, 0) is 11.0 Å². The molecule has 0 spiro atoms. The fraction of sp³-hybridized carbons (Fsp3) is 0.400. The summed E-state index contributed by atoms with van der Waals surface area (Å²) in [7, 11) is 1.82. The van der Waals surface area contributed by atoms with Crippen molar-refractivity contribution < 1.29 is 9.90 Å². The highest BCUT2D eigenvalue weighted by molar-refractivity contribution is 7.99. The van der Waals surface area contributed by atoms with Gasteiger partial charge < -0.3 is 14.5 Å². The van der Waals surface area contributed by atoms with Crippen molar-refractivity contribution in [2.45, 2.75) is 31.3 Å². The third-order valence-electron chi connectivity index (χ3n) is 3.16. The van der Waals surface area contributed by atoms with Gasteiger partial charge in [0.05, 0.1) is 5.97 Å². The SMILES string of the molecule is Cn1c(SCC(=O)[O-])nnc1-c1ccc(C(C)(C)C)cc1. The Balaban J connectivity index is 2.24. The Morgan fingerprint density at radius 1 is 1.24 bits per heavy atom. The molecule has 0 saturated heterocycles. The van der Waals surface area contributed by atoms with Crippen molar-refractivity contribution in [1.29, 1.82) is 0 Å². The molecular weight excluding hydrogens is 286 g/mol. The van der Waals surface area contributed by atoms with Gasteiger partial charge >= 0.3 is 0 Å². The van der Waals surface area contributed by atoms with Crippen molar-refractivity contribution in [3.05, 3.63) is 29.8 Å². The molecule has 0 aliphatic rings. The Labute approximate surface area is 128 Å². The number of aliphatic carboxylic acids is 1. The summed E-state index contributed by atoms with van der Waals surface area (Å²) in [5.41, 5.74) is 2.31. The zero-order valence-electron chi connectivity index (χ0n) is 12.6. The van der Waals surface area contributed by atoms with E-state index in [2.05, 4.69) is 43.1 Å². The summed E-state index contributed by atoms with van der Waals surface area (Å²) in [4.78, 5) is 10.5. The van der Waals surface area contributed by atoms with Crippen LogP contribution in [0.5, 0.6) is 0 Å². The minimum atomic E-state index is -1.11. The van der Waals surface area contributed by atoms with Crippen LogP contribution in [-0.2, 0) is 17.3 Å². The Kier molecular flexibility index (Phi) is 4.37. The minimum absolute atomic E-state index is 0.105. The van der Waals surface area contributed by atoms with Crippen LogP contribution in [0.4, 0.5) is 0 Å². The molecule has 0 radical (unpaired) electrons. The second-order valence-corrected chi connectivity index (χ2v) is 6.80. The number of benzene rings is 1. The lowest BCUT2D eigenvalue weighted by molar-refractivity contribution is -0.301. The van der Waals surface area contributed by atoms with Crippen LogP contribution >= 0.6 is 11.8 Å². The molecule has 0 fully saturated rings. The number of aromatic nitrogens is 3. The maximum absolute atomic E-state index is 10.5. The third-order valence-corrected chi connectivity index (χ3v) is 4.16. The quantitative estimate of drug-likeness (QED) is 0.803. The molecule has 112 valence electrons. The summed E-state index contributed by atoms with van der Waals surface area (Å²) in [5.74, 6) is -0.523. The smallest absolute Gasteiger partial charge is 0.191 e. The van der Waals surface area contributed by atoms with Crippen LogP contribution in [0.1, 0.15) is 26.3 Å².